The maximum atomic E-state index is 13.8. The zero-order valence-electron chi connectivity index (χ0n) is 22.9. The highest BCUT2D eigenvalue weighted by molar-refractivity contribution is 6.31. The predicted molar refractivity (Wildman–Crippen MR) is 155 cm³/mol. The lowest BCUT2D eigenvalue weighted by molar-refractivity contribution is -0.128. The number of amides is 3. The molecule has 0 spiro atoms. The second-order valence-corrected chi connectivity index (χ2v) is 12.2. The summed E-state index contributed by atoms with van der Waals surface area (Å²) in [6.45, 7) is 4.49. The Morgan fingerprint density at radius 2 is 1.85 bits per heavy atom. The van der Waals surface area contributed by atoms with Crippen LogP contribution in [0.5, 0.6) is 5.75 Å². The van der Waals surface area contributed by atoms with E-state index >= 15 is 0 Å². The van der Waals surface area contributed by atoms with Crippen LogP contribution in [0.4, 0.5) is 4.79 Å². The third-order valence-corrected chi connectivity index (χ3v) is 8.14. The Morgan fingerprint density at radius 3 is 2.42 bits per heavy atom. The summed E-state index contributed by atoms with van der Waals surface area (Å²) in [5.74, 6) is -0.389. The molecule has 3 N–H and O–H groups in total. The van der Waals surface area contributed by atoms with E-state index in [1.165, 1.54) is 4.90 Å². The van der Waals surface area contributed by atoms with E-state index in [9.17, 15) is 19.5 Å². The largest absolute Gasteiger partial charge is 0.415 e. The smallest absolute Gasteiger partial charge is 0.410 e. The number of carbonyl (C=O) groups is 3. The molecule has 40 heavy (non-hydrogen) atoms. The van der Waals surface area contributed by atoms with E-state index in [-0.39, 0.29) is 42.1 Å². The Kier molecular flexibility index (Phi) is 9.98. The topological polar surface area (TPSA) is 108 Å². The number of nitrogens with zero attached hydrogens (tertiary/aromatic N) is 1. The standard InChI is InChI=1S/C30H37Cl2N3O5/c1-19(2)13-26(28(38)34-24(17-36)14-20-9-12-33-27(20)37)35(29(39)40-25-8-4-7-23(32)16-25)18-30(10-11-30)21-5-3-6-22(31)15-21/h3-8,15-16,19-20,24,26,36H,9-14,17-18H2,1-2H3,(H,33,37)(H,34,38)/t20-,24-,26-/m0/s1. The van der Waals surface area contributed by atoms with Crippen LogP contribution in [-0.2, 0) is 15.0 Å². The van der Waals surface area contributed by atoms with Crippen molar-refractivity contribution in [3.8, 4) is 5.75 Å². The van der Waals surface area contributed by atoms with Gasteiger partial charge in [-0.2, -0.15) is 0 Å². The van der Waals surface area contributed by atoms with Gasteiger partial charge in [0.1, 0.15) is 11.8 Å². The minimum Gasteiger partial charge on any atom is -0.410 e. The van der Waals surface area contributed by atoms with E-state index in [0.29, 0.717) is 35.9 Å². The summed E-state index contributed by atoms with van der Waals surface area (Å²) in [6, 6.07) is 12.7. The second-order valence-electron chi connectivity index (χ2n) is 11.3. The Bertz CT molecular complexity index is 1220. The van der Waals surface area contributed by atoms with Crippen LogP contribution in [0.3, 0.4) is 0 Å². The number of rotatable bonds is 12. The molecule has 8 nitrogen and oxygen atoms in total. The van der Waals surface area contributed by atoms with Crippen molar-refractivity contribution >= 4 is 41.1 Å². The highest BCUT2D eigenvalue weighted by Crippen LogP contribution is 2.49. The van der Waals surface area contributed by atoms with E-state index in [1.54, 1.807) is 30.3 Å². The van der Waals surface area contributed by atoms with Crippen molar-refractivity contribution in [1.29, 1.82) is 0 Å². The molecule has 1 heterocycles. The molecule has 0 unspecified atom stereocenters. The molecule has 1 saturated carbocycles. The van der Waals surface area contributed by atoms with Crippen molar-refractivity contribution in [3.05, 3.63) is 64.1 Å². The number of nitrogens with one attached hydrogen (secondary N) is 2. The number of halogens is 2. The number of hydrogen-bond donors (Lipinski definition) is 3. The predicted octanol–water partition coefficient (Wildman–Crippen LogP) is 4.94. The van der Waals surface area contributed by atoms with Crippen molar-refractivity contribution in [2.75, 3.05) is 19.7 Å². The normalized spacial score (nSPS) is 19.1. The minimum absolute atomic E-state index is 0.0737. The lowest BCUT2D eigenvalue weighted by atomic mass is 9.93. The summed E-state index contributed by atoms with van der Waals surface area (Å²) in [5.41, 5.74) is 0.649. The first-order valence-electron chi connectivity index (χ1n) is 13.8. The van der Waals surface area contributed by atoms with Gasteiger partial charge >= 0.3 is 6.09 Å². The van der Waals surface area contributed by atoms with Gasteiger partial charge in [-0.3, -0.25) is 14.5 Å². The molecule has 2 fully saturated rings. The SMILES string of the molecule is CC(C)C[C@@H](C(=O)N[C@H](CO)C[C@@H]1CCNC1=O)N(CC1(c2cccc(Cl)c2)CC1)C(=O)Oc1cccc(Cl)c1. The van der Waals surface area contributed by atoms with Crippen LogP contribution in [0.1, 0.15) is 51.5 Å². The van der Waals surface area contributed by atoms with E-state index in [1.807, 2.05) is 32.0 Å². The summed E-state index contributed by atoms with van der Waals surface area (Å²) in [5, 5.41) is 16.8. The molecule has 1 aliphatic carbocycles. The molecule has 216 valence electrons. The van der Waals surface area contributed by atoms with Crippen LogP contribution in [-0.4, -0.2) is 59.7 Å². The van der Waals surface area contributed by atoms with Crippen LogP contribution in [0.2, 0.25) is 10.0 Å². The summed E-state index contributed by atoms with van der Waals surface area (Å²) >= 11 is 12.4. The molecule has 3 atom stereocenters. The number of benzene rings is 2. The minimum atomic E-state index is -0.866. The molecule has 4 rings (SSSR count). The third-order valence-electron chi connectivity index (χ3n) is 7.67. The lowest BCUT2D eigenvalue weighted by Crippen LogP contribution is -2.55. The first-order chi connectivity index (χ1) is 19.1. The van der Waals surface area contributed by atoms with Crippen molar-refractivity contribution in [2.45, 2.75) is 63.5 Å². The Labute approximate surface area is 245 Å². The van der Waals surface area contributed by atoms with Gasteiger partial charge in [0.05, 0.1) is 12.6 Å². The zero-order valence-corrected chi connectivity index (χ0v) is 24.4. The van der Waals surface area contributed by atoms with E-state index < -0.39 is 24.1 Å². The van der Waals surface area contributed by atoms with Crippen LogP contribution in [0.15, 0.2) is 48.5 Å². The second kappa shape index (κ2) is 13.2. The lowest BCUT2D eigenvalue weighted by Gasteiger charge is -2.35. The molecule has 0 aromatic heterocycles. The van der Waals surface area contributed by atoms with Gasteiger partial charge in [0, 0.05) is 34.5 Å². The molecule has 3 amide bonds. The highest BCUT2D eigenvalue weighted by atomic mass is 35.5. The van der Waals surface area contributed by atoms with E-state index in [0.717, 1.165) is 18.4 Å². The fourth-order valence-electron chi connectivity index (χ4n) is 5.34. The van der Waals surface area contributed by atoms with Gasteiger partial charge in [-0.05, 0) is 73.9 Å². The Hall–Kier alpha value is -2.81. The molecule has 0 radical (unpaired) electrons. The summed E-state index contributed by atoms with van der Waals surface area (Å²) in [7, 11) is 0. The summed E-state index contributed by atoms with van der Waals surface area (Å²) in [4.78, 5) is 41.2. The molecule has 1 saturated heterocycles. The number of hydrogen-bond acceptors (Lipinski definition) is 5. The fraction of sp³-hybridized carbons (Fsp3) is 0.500. The highest BCUT2D eigenvalue weighted by Gasteiger charge is 2.49. The number of ether oxygens (including phenoxy) is 1. The van der Waals surface area contributed by atoms with Crippen LogP contribution < -0.4 is 15.4 Å². The Morgan fingerprint density at radius 1 is 1.15 bits per heavy atom. The van der Waals surface area contributed by atoms with Gasteiger partial charge < -0.3 is 20.5 Å². The van der Waals surface area contributed by atoms with Gasteiger partial charge in [0.15, 0.2) is 0 Å². The van der Waals surface area contributed by atoms with Gasteiger partial charge in [-0.1, -0.05) is 55.2 Å². The van der Waals surface area contributed by atoms with Crippen molar-refractivity contribution in [3.63, 3.8) is 0 Å². The van der Waals surface area contributed by atoms with Crippen LogP contribution in [0, 0.1) is 11.8 Å². The van der Waals surface area contributed by atoms with Gasteiger partial charge in [0.2, 0.25) is 11.8 Å². The Balaban J connectivity index is 1.62. The molecule has 1 aliphatic heterocycles. The van der Waals surface area contributed by atoms with Gasteiger partial charge in [-0.15, -0.1) is 0 Å². The van der Waals surface area contributed by atoms with Gasteiger partial charge in [-0.25, -0.2) is 4.79 Å². The molecule has 2 aromatic carbocycles. The molecule has 0 bridgehead atoms. The molecule has 10 heteroatoms. The fourth-order valence-corrected chi connectivity index (χ4v) is 5.71. The third kappa shape index (κ3) is 7.68. The van der Waals surface area contributed by atoms with E-state index in [4.69, 9.17) is 27.9 Å². The molecular formula is C30H37Cl2N3O5. The molecule has 2 aliphatic rings. The molecule has 2 aromatic rings. The number of carbonyl (C=O) groups excluding carboxylic acids is 3. The van der Waals surface area contributed by atoms with Crippen molar-refractivity contribution < 1.29 is 24.2 Å². The first kappa shape index (κ1) is 30.2. The maximum Gasteiger partial charge on any atom is 0.415 e. The van der Waals surface area contributed by atoms with Crippen LogP contribution in [0.25, 0.3) is 0 Å². The quantitative estimate of drug-likeness (QED) is 0.325. The number of aliphatic hydroxyl groups is 1. The average molecular weight is 591 g/mol. The van der Waals surface area contributed by atoms with Gasteiger partial charge in [0.25, 0.3) is 0 Å². The number of aliphatic hydroxyl groups excluding tert-OH is 1. The molecular weight excluding hydrogens is 553 g/mol. The summed E-state index contributed by atoms with van der Waals surface area (Å²) < 4.78 is 5.75. The monoisotopic (exact) mass is 589 g/mol. The van der Waals surface area contributed by atoms with E-state index in [2.05, 4.69) is 10.6 Å². The average Bonchev–Trinajstić information content (AvgIpc) is 3.59. The maximum absolute atomic E-state index is 13.8. The summed E-state index contributed by atoms with van der Waals surface area (Å²) in [6.07, 6.45) is 2.36. The zero-order chi connectivity index (χ0) is 28.9. The first-order valence-corrected chi connectivity index (χ1v) is 14.5. The van der Waals surface area contributed by atoms with Crippen molar-refractivity contribution in [2.24, 2.45) is 11.8 Å². The van der Waals surface area contributed by atoms with Crippen molar-refractivity contribution in [1.82, 2.24) is 15.5 Å². The van der Waals surface area contributed by atoms with Crippen LogP contribution >= 0.6 is 23.2 Å².